The molecule has 13 heavy (non-hydrogen) atoms. The Morgan fingerprint density at radius 1 is 1.46 bits per heavy atom. The van der Waals surface area contributed by atoms with Gasteiger partial charge in [0.1, 0.15) is 0 Å². The van der Waals surface area contributed by atoms with E-state index in [1.54, 1.807) is 0 Å². The Balaban J connectivity index is 3.71. The minimum absolute atomic E-state index is 0.399. The fraction of sp³-hybridized carbons (Fsp3) is 1.00. The van der Waals surface area contributed by atoms with E-state index >= 15 is 0 Å². The number of likely N-dealkylation sites (N-methyl/N-ethyl adjacent to an activating group) is 1. The number of alkyl halides is 3. The lowest BCUT2D eigenvalue weighted by Gasteiger charge is -2.21. The van der Waals surface area contributed by atoms with Crippen molar-refractivity contribution in [3.8, 4) is 0 Å². The van der Waals surface area contributed by atoms with Crippen molar-refractivity contribution in [1.29, 1.82) is 0 Å². The van der Waals surface area contributed by atoms with Crippen LogP contribution in [0.25, 0.3) is 0 Å². The second-order valence-electron chi connectivity index (χ2n) is 2.96. The number of halogens is 3. The monoisotopic (exact) mass is 200 g/mol. The number of rotatable bonds is 5. The first-order valence-corrected chi connectivity index (χ1v) is 4.01. The Kier molecular flexibility index (Phi) is 5.27. The van der Waals surface area contributed by atoms with Crippen LogP contribution in [0.5, 0.6) is 0 Å². The highest BCUT2D eigenvalue weighted by atomic mass is 19.4. The number of aliphatic hydroxyl groups excluding tert-OH is 1. The van der Waals surface area contributed by atoms with Crippen LogP contribution in [0, 0.1) is 0 Å². The van der Waals surface area contributed by atoms with Gasteiger partial charge in [0.2, 0.25) is 0 Å². The van der Waals surface area contributed by atoms with Crippen molar-refractivity contribution in [3.63, 3.8) is 0 Å². The van der Waals surface area contributed by atoms with Crippen molar-refractivity contribution >= 4 is 0 Å². The zero-order valence-electron chi connectivity index (χ0n) is 7.51. The van der Waals surface area contributed by atoms with Crippen LogP contribution in [-0.2, 0) is 0 Å². The summed E-state index contributed by atoms with van der Waals surface area (Å²) in [7, 11) is 1.52. The topological polar surface area (TPSA) is 49.5 Å². The van der Waals surface area contributed by atoms with Crippen LogP contribution >= 0.6 is 0 Å². The van der Waals surface area contributed by atoms with E-state index in [1.165, 1.54) is 11.9 Å². The summed E-state index contributed by atoms with van der Waals surface area (Å²) in [5.74, 6) is 0. The Bertz CT molecular complexity index is 140. The summed E-state index contributed by atoms with van der Waals surface area (Å²) in [4.78, 5) is 1.41. The number of nitrogens with zero attached hydrogens (tertiary/aromatic N) is 1. The summed E-state index contributed by atoms with van der Waals surface area (Å²) >= 11 is 0. The van der Waals surface area contributed by atoms with Gasteiger partial charge in [-0.1, -0.05) is 0 Å². The van der Waals surface area contributed by atoms with E-state index in [0.717, 1.165) is 0 Å². The van der Waals surface area contributed by atoms with Crippen LogP contribution < -0.4 is 5.73 Å². The standard InChI is InChI=1S/C7H15F3N2O/c1-12(4-2-3-11)5-6(13)7(8,9)10/h6,13H,2-5,11H2,1H3. The molecule has 0 aromatic carbocycles. The molecule has 0 amide bonds. The number of nitrogens with two attached hydrogens (primary N) is 1. The molecule has 1 unspecified atom stereocenters. The molecule has 0 bridgehead atoms. The smallest absolute Gasteiger partial charge is 0.382 e. The van der Waals surface area contributed by atoms with Gasteiger partial charge in [0.05, 0.1) is 0 Å². The van der Waals surface area contributed by atoms with Crippen molar-refractivity contribution < 1.29 is 18.3 Å². The van der Waals surface area contributed by atoms with Gasteiger partial charge in [0.25, 0.3) is 0 Å². The highest BCUT2D eigenvalue weighted by molar-refractivity contribution is 4.68. The minimum Gasteiger partial charge on any atom is -0.382 e. The zero-order chi connectivity index (χ0) is 10.5. The maximum atomic E-state index is 11.8. The van der Waals surface area contributed by atoms with Gasteiger partial charge in [0, 0.05) is 6.54 Å². The van der Waals surface area contributed by atoms with Crippen LogP contribution in [0.3, 0.4) is 0 Å². The van der Waals surface area contributed by atoms with Gasteiger partial charge in [-0.3, -0.25) is 0 Å². The molecule has 0 aliphatic heterocycles. The second-order valence-corrected chi connectivity index (χ2v) is 2.96. The molecule has 3 nitrogen and oxygen atoms in total. The van der Waals surface area contributed by atoms with E-state index in [-0.39, 0.29) is 0 Å². The third-order valence-corrected chi connectivity index (χ3v) is 1.61. The molecular weight excluding hydrogens is 185 g/mol. The Hall–Kier alpha value is -0.330. The summed E-state index contributed by atoms with van der Waals surface area (Å²) < 4.78 is 35.5. The molecule has 0 rings (SSSR count). The molecule has 0 aromatic heterocycles. The lowest BCUT2D eigenvalue weighted by molar-refractivity contribution is -0.207. The third-order valence-electron chi connectivity index (χ3n) is 1.61. The van der Waals surface area contributed by atoms with Crippen LogP contribution in [0.15, 0.2) is 0 Å². The maximum absolute atomic E-state index is 11.8. The summed E-state index contributed by atoms with van der Waals surface area (Å²) in [6.45, 7) is 0.500. The first-order valence-electron chi connectivity index (χ1n) is 4.01. The van der Waals surface area contributed by atoms with Crippen molar-refractivity contribution in [2.45, 2.75) is 18.7 Å². The Morgan fingerprint density at radius 3 is 2.38 bits per heavy atom. The average molecular weight is 200 g/mol. The number of hydrogen-bond donors (Lipinski definition) is 2. The molecule has 0 heterocycles. The van der Waals surface area contributed by atoms with Crippen LogP contribution in [0.2, 0.25) is 0 Å². The highest BCUT2D eigenvalue weighted by Crippen LogP contribution is 2.20. The van der Waals surface area contributed by atoms with Crippen LogP contribution in [0.4, 0.5) is 13.2 Å². The molecule has 0 aliphatic rings. The molecule has 6 heteroatoms. The van der Waals surface area contributed by atoms with E-state index in [4.69, 9.17) is 10.8 Å². The predicted molar refractivity (Wildman–Crippen MR) is 43.2 cm³/mol. The lowest BCUT2D eigenvalue weighted by atomic mass is 10.3. The highest BCUT2D eigenvalue weighted by Gasteiger charge is 2.38. The molecule has 0 aromatic rings. The van der Waals surface area contributed by atoms with Crippen molar-refractivity contribution in [1.82, 2.24) is 4.90 Å². The second kappa shape index (κ2) is 5.41. The fourth-order valence-electron chi connectivity index (χ4n) is 0.851. The molecule has 0 fully saturated rings. The fourth-order valence-corrected chi connectivity index (χ4v) is 0.851. The SMILES string of the molecule is CN(CCCN)CC(O)C(F)(F)F. The lowest BCUT2D eigenvalue weighted by Crippen LogP contribution is -2.39. The molecular formula is C7H15F3N2O. The van der Waals surface area contributed by atoms with Crippen molar-refractivity contribution in [2.75, 3.05) is 26.7 Å². The Labute approximate surface area is 75.3 Å². The molecule has 0 spiro atoms. The van der Waals surface area contributed by atoms with E-state index < -0.39 is 18.8 Å². The quantitative estimate of drug-likeness (QED) is 0.666. The largest absolute Gasteiger partial charge is 0.415 e. The summed E-state index contributed by atoms with van der Waals surface area (Å²) in [6.07, 6.45) is -6.17. The van der Waals surface area contributed by atoms with Gasteiger partial charge >= 0.3 is 6.18 Å². The van der Waals surface area contributed by atoms with E-state index in [9.17, 15) is 13.2 Å². The van der Waals surface area contributed by atoms with Crippen molar-refractivity contribution in [2.24, 2.45) is 5.73 Å². The van der Waals surface area contributed by atoms with Gasteiger partial charge < -0.3 is 15.7 Å². The molecule has 0 aliphatic carbocycles. The number of hydrogen-bond acceptors (Lipinski definition) is 3. The summed E-state index contributed by atoms with van der Waals surface area (Å²) in [5.41, 5.74) is 5.18. The molecule has 3 N–H and O–H groups in total. The van der Waals surface area contributed by atoms with Gasteiger partial charge in [-0.25, -0.2) is 0 Å². The van der Waals surface area contributed by atoms with Crippen molar-refractivity contribution in [3.05, 3.63) is 0 Å². The van der Waals surface area contributed by atoms with Gasteiger partial charge in [0.15, 0.2) is 6.10 Å². The Morgan fingerprint density at radius 2 is 2.00 bits per heavy atom. The van der Waals surface area contributed by atoms with Gasteiger partial charge in [-0.05, 0) is 26.6 Å². The first-order chi connectivity index (χ1) is 5.88. The van der Waals surface area contributed by atoms with E-state index in [1.807, 2.05) is 0 Å². The summed E-state index contributed by atoms with van der Waals surface area (Å²) in [5, 5.41) is 8.66. The maximum Gasteiger partial charge on any atom is 0.415 e. The van der Waals surface area contributed by atoms with Crippen LogP contribution in [-0.4, -0.2) is 49.0 Å². The predicted octanol–water partition coefficient (Wildman–Crippen LogP) is 0.190. The molecule has 0 saturated heterocycles. The van der Waals surface area contributed by atoms with Crippen LogP contribution in [0.1, 0.15) is 6.42 Å². The molecule has 0 saturated carbocycles. The molecule has 80 valence electrons. The van der Waals surface area contributed by atoms with Gasteiger partial charge in [-0.2, -0.15) is 13.2 Å². The van der Waals surface area contributed by atoms with E-state index in [0.29, 0.717) is 19.5 Å². The summed E-state index contributed by atoms with van der Waals surface area (Å²) in [6, 6.07) is 0. The zero-order valence-corrected chi connectivity index (χ0v) is 7.51. The molecule has 0 radical (unpaired) electrons. The third kappa shape index (κ3) is 5.84. The first kappa shape index (κ1) is 12.7. The molecule has 1 atom stereocenters. The van der Waals surface area contributed by atoms with E-state index in [2.05, 4.69) is 0 Å². The average Bonchev–Trinajstić information content (AvgIpc) is 1.99. The van der Waals surface area contributed by atoms with Gasteiger partial charge in [-0.15, -0.1) is 0 Å². The minimum atomic E-state index is -4.53. The normalized spacial score (nSPS) is 15.0. The number of aliphatic hydroxyl groups is 1.